The fraction of sp³-hybridized carbons (Fsp3) is 0.294. The van der Waals surface area contributed by atoms with Crippen LogP contribution in [0.5, 0.6) is 0 Å². The maximum Gasteiger partial charge on any atom is 0.241 e. The van der Waals surface area contributed by atoms with Crippen LogP contribution < -0.4 is 11.1 Å². The van der Waals surface area contributed by atoms with Crippen molar-refractivity contribution in [3.8, 4) is 0 Å². The van der Waals surface area contributed by atoms with Crippen molar-refractivity contribution in [2.75, 3.05) is 5.32 Å². The average molecular weight is 283 g/mol. The summed E-state index contributed by atoms with van der Waals surface area (Å²) in [6.45, 7) is 4.27. The van der Waals surface area contributed by atoms with Gasteiger partial charge in [0.05, 0.1) is 6.04 Å². The molecule has 4 heteroatoms. The van der Waals surface area contributed by atoms with Gasteiger partial charge in [-0.3, -0.25) is 9.78 Å². The zero-order valence-corrected chi connectivity index (χ0v) is 12.4. The summed E-state index contributed by atoms with van der Waals surface area (Å²) in [7, 11) is 0. The summed E-state index contributed by atoms with van der Waals surface area (Å²) in [4.78, 5) is 16.0. The molecule has 0 spiro atoms. The van der Waals surface area contributed by atoms with Crippen LogP contribution in [0.15, 0.2) is 48.8 Å². The third-order valence-electron chi connectivity index (χ3n) is 3.39. The maximum absolute atomic E-state index is 12.1. The number of hydrogen-bond donors (Lipinski definition) is 2. The van der Waals surface area contributed by atoms with Crippen molar-refractivity contribution >= 4 is 11.6 Å². The molecule has 3 N–H and O–H groups in total. The second-order valence-corrected chi connectivity index (χ2v) is 5.43. The van der Waals surface area contributed by atoms with E-state index in [-0.39, 0.29) is 5.91 Å². The highest BCUT2D eigenvalue weighted by molar-refractivity contribution is 5.94. The van der Waals surface area contributed by atoms with Gasteiger partial charge in [0.1, 0.15) is 0 Å². The number of hydrogen-bond acceptors (Lipinski definition) is 3. The number of nitrogens with zero attached hydrogens (tertiary/aromatic N) is 1. The molecule has 0 aliphatic heterocycles. The molecule has 1 heterocycles. The van der Waals surface area contributed by atoms with Crippen LogP contribution in [0.25, 0.3) is 0 Å². The van der Waals surface area contributed by atoms with Crippen molar-refractivity contribution in [1.29, 1.82) is 0 Å². The summed E-state index contributed by atoms with van der Waals surface area (Å²) in [5.74, 6) is 0.299. The van der Waals surface area contributed by atoms with Gasteiger partial charge in [-0.15, -0.1) is 0 Å². The Labute approximate surface area is 125 Å². The van der Waals surface area contributed by atoms with Crippen LogP contribution in [-0.4, -0.2) is 16.9 Å². The molecule has 1 aromatic heterocycles. The molecule has 0 fully saturated rings. The molecule has 2 aromatic rings. The van der Waals surface area contributed by atoms with Crippen LogP contribution in [0, 0.1) is 0 Å². The van der Waals surface area contributed by atoms with E-state index >= 15 is 0 Å². The Morgan fingerprint density at radius 3 is 2.33 bits per heavy atom. The number of carbonyl (C=O) groups excluding carboxylic acids is 1. The smallest absolute Gasteiger partial charge is 0.241 e. The molecule has 110 valence electrons. The van der Waals surface area contributed by atoms with Gasteiger partial charge in [0, 0.05) is 18.1 Å². The van der Waals surface area contributed by atoms with Crippen molar-refractivity contribution in [1.82, 2.24) is 4.98 Å². The number of carbonyl (C=O) groups is 1. The summed E-state index contributed by atoms with van der Waals surface area (Å²) in [5, 5.41) is 2.85. The molecule has 0 saturated heterocycles. The van der Waals surface area contributed by atoms with E-state index in [1.807, 2.05) is 36.4 Å². The summed E-state index contributed by atoms with van der Waals surface area (Å²) in [6.07, 6.45) is 3.90. The molecule has 0 saturated carbocycles. The van der Waals surface area contributed by atoms with Crippen LogP contribution >= 0.6 is 0 Å². The van der Waals surface area contributed by atoms with Crippen molar-refractivity contribution in [3.63, 3.8) is 0 Å². The molecular formula is C17H21N3O. The third-order valence-corrected chi connectivity index (χ3v) is 3.39. The van der Waals surface area contributed by atoms with Gasteiger partial charge in [-0.1, -0.05) is 26.0 Å². The van der Waals surface area contributed by atoms with E-state index in [1.54, 1.807) is 12.4 Å². The van der Waals surface area contributed by atoms with Crippen molar-refractivity contribution < 1.29 is 4.79 Å². The molecule has 0 unspecified atom stereocenters. The van der Waals surface area contributed by atoms with Crippen LogP contribution in [0.4, 0.5) is 5.69 Å². The molecule has 4 nitrogen and oxygen atoms in total. The maximum atomic E-state index is 12.1. The molecule has 0 aliphatic carbocycles. The van der Waals surface area contributed by atoms with Crippen molar-refractivity contribution in [2.45, 2.75) is 32.2 Å². The number of benzene rings is 1. The highest BCUT2D eigenvalue weighted by Gasteiger charge is 2.14. The van der Waals surface area contributed by atoms with Gasteiger partial charge in [0.25, 0.3) is 0 Å². The van der Waals surface area contributed by atoms with Gasteiger partial charge in [-0.25, -0.2) is 0 Å². The fourth-order valence-electron chi connectivity index (χ4n) is 2.05. The van der Waals surface area contributed by atoms with E-state index in [0.29, 0.717) is 12.3 Å². The Hall–Kier alpha value is -2.20. The van der Waals surface area contributed by atoms with Gasteiger partial charge in [-0.2, -0.15) is 0 Å². The predicted molar refractivity (Wildman–Crippen MR) is 85.1 cm³/mol. The van der Waals surface area contributed by atoms with E-state index < -0.39 is 6.04 Å². The molecule has 1 amide bonds. The number of nitrogens with two attached hydrogens (primary N) is 1. The number of rotatable bonds is 5. The molecule has 0 aliphatic rings. The minimum Gasteiger partial charge on any atom is -0.325 e. The summed E-state index contributed by atoms with van der Waals surface area (Å²) >= 11 is 0. The topological polar surface area (TPSA) is 68.0 Å². The summed E-state index contributed by atoms with van der Waals surface area (Å²) in [6, 6.07) is 11.0. The lowest BCUT2D eigenvalue weighted by Gasteiger charge is -2.13. The number of amides is 1. The van der Waals surface area contributed by atoms with Crippen LogP contribution in [-0.2, 0) is 11.2 Å². The van der Waals surface area contributed by atoms with Gasteiger partial charge < -0.3 is 11.1 Å². The predicted octanol–water partition coefficient (Wildman–Crippen LogP) is 2.71. The lowest BCUT2D eigenvalue weighted by Crippen LogP contribution is -2.37. The van der Waals surface area contributed by atoms with Crippen molar-refractivity contribution in [2.24, 2.45) is 5.73 Å². The lowest BCUT2D eigenvalue weighted by atomic mass is 10.0. The van der Waals surface area contributed by atoms with E-state index in [4.69, 9.17) is 5.73 Å². The fourth-order valence-corrected chi connectivity index (χ4v) is 2.05. The van der Waals surface area contributed by atoms with Crippen LogP contribution in [0.1, 0.15) is 30.9 Å². The van der Waals surface area contributed by atoms with Crippen LogP contribution in [0.2, 0.25) is 0 Å². The standard InChI is InChI=1S/C17H21N3O/c1-12(2)14-3-5-15(6-4-14)20-17(21)16(18)11-13-7-9-19-10-8-13/h3-10,12,16H,11,18H2,1-2H3,(H,20,21)/t16-/m0/s1. The molecule has 21 heavy (non-hydrogen) atoms. The number of nitrogens with one attached hydrogen (secondary N) is 1. The Morgan fingerprint density at radius 2 is 1.76 bits per heavy atom. The molecular weight excluding hydrogens is 262 g/mol. The Morgan fingerprint density at radius 1 is 1.14 bits per heavy atom. The lowest BCUT2D eigenvalue weighted by molar-refractivity contribution is -0.117. The number of anilines is 1. The molecule has 0 bridgehead atoms. The van der Waals surface area contributed by atoms with Gasteiger partial charge >= 0.3 is 0 Å². The quantitative estimate of drug-likeness (QED) is 0.886. The Bertz CT molecular complexity index is 579. The van der Waals surface area contributed by atoms with E-state index in [1.165, 1.54) is 5.56 Å². The first-order valence-electron chi connectivity index (χ1n) is 7.11. The molecule has 1 atom stereocenters. The van der Waals surface area contributed by atoms with Gasteiger partial charge in [-0.05, 0) is 47.7 Å². The second-order valence-electron chi connectivity index (χ2n) is 5.43. The van der Waals surface area contributed by atoms with Crippen LogP contribution in [0.3, 0.4) is 0 Å². The van der Waals surface area contributed by atoms with Gasteiger partial charge in [0.15, 0.2) is 0 Å². The summed E-state index contributed by atoms with van der Waals surface area (Å²) < 4.78 is 0. The van der Waals surface area contributed by atoms with E-state index in [2.05, 4.69) is 24.1 Å². The average Bonchev–Trinajstić information content (AvgIpc) is 2.48. The minimum absolute atomic E-state index is 0.177. The first-order chi connectivity index (χ1) is 10.1. The van der Waals surface area contributed by atoms with Crippen molar-refractivity contribution in [3.05, 3.63) is 59.9 Å². The normalized spacial score (nSPS) is 12.2. The monoisotopic (exact) mass is 283 g/mol. The molecule has 1 aromatic carbocycles. The molecule has 0 radical (unpaired) electrons. The second kappa shape index (κ2) is 6.99. The zero-order valence-electron chi connectivity index (χ0n) is 12.4. The first-order valence-corrected chi connectivity index (χ1v) is 7.11. The largest absolute Gasteiger partial charge is 0.325 e. The third kappa shape index (κ3) is 4.39. The Balaban J connectivity index is 1.94. The van der Waals surface area contributed by atoms with E-state index in [9.17, 15) is 4.79 Å². The highest BCUT2D eigenvalue weighted by Crippen LogP contribution is 2.17. The van der Waals surface area contributed by atoms with Gasteiger partial charge in [0.2, 0.25) is 5.91 Å². The zero-order chi connectivity index (χ0) is 15.2. The molecule has 2 rings (SSSR count). The first kappa shape index (κ1) is 15.2. The van der Waals surface area contributed by atoms with E-state index in [0.717, 1.165) is 11.3 Å². The summed E-state index contributed by atoms with van der Waals surface area (Å²) in [5.41, 5.74) is 8.96. The SMILES string of the molecule is CC(C)c1ccc(NC(=O)[C@@H](N)Cc2ccncc2)cc1. The number of aromatic nitrogens is 1. The Kier molecular flexibility index (Phi) is 5.06. The number of pyridine rings is 1. The highest BCUT2D eigenvalue weighted by atomic mass is 16.2. The minimum atomic E-state index is -0.572.